The third-order valence-electron chi connectivity index (χ3n) is 8.67. The first-order chi connectivity index (χ1) is 20.7. The zero-order valence-corrected chi connectivity index (χ0v) is 26.5. The lowest BCUT2D eigenvalue weighted by Crippen LogP contribution is -2.51. The molecule has 1 unspecified atom stereocenters. The van der Waals surface area contributed by atoms with E-state index in [9.17, 15) is 4.79 Å². The van der Waals surface area contributed by atoms with Crippen molar-refractivity contribution in [3.05, 3.63) is 84.0 Å². The van der Waals surface area contributed by atoms with Crippen LogP contribution in [0.15, 0.2) is 67.2 Å². The number of rotatable bonds is 14. The summed E-state index contributed by atoms with van der Waals surface area (Å²) in [6.07, 6.45) is 23.3. The molecule has 234 valence electrons. The molecule has 1 aliphatic carbocycles. The Labute approximate surface area is 260 Å². The average molecular weight is 588 g/mol. The van der Waals surface area contributed by atoms with Gasteiger partial charge in [-0.2, -0.15) is 5.10 Å². The topological polar surface area (TPSA) is 98.9 Å². The van der Waals surface area contributed by atoms with E-state index in [4.69, 9.17) is 5.41 Å². The number of carbonyl (C=O) groups excluding carboxylic acids is 1. The highest BCUT2D eigenvalue weighted by molar-refractivity contribution is 6.05. The summed E-state index contributed by atoms with van der Waals surface area (Å²) in [4.78, 5) is 20.3. The van der Waals surface area contributed by atoms with E-state index in [1.165, 1.54) is 45.2 Å². The molecule has 43 heavy (non-hydrogen) atoms. The third-order valence-corrected chi connectivity index (χ3v) is 8.67. The van der Waals surface area contributed by atoms with Gasteiger partial charge in [-0.1, -0.05) is 44.2 Å². The van der Waals surface area contributed by atoms with Crippen molar-refractivity contribution >= 4 is 22.9 Å². The Morgan fingerprint density at radius 2 is 2.05 bits per heavy atom. The molecule has 3 heterocycles. The third kappa shape index (κ3) is 8.94. The molecule has 8 nitrogen and oxygen atoms in total. The van der Waals surface area contributed by atoms with Gasteiger partial charge in [-0.15, -0.1) is 0 Å². The van der Waals surface area contributed by atoms with Crippen molar-refractivity contribution < 1.29 is 7.65 Å². The van der Waals surface area contributed by atoms with Crippen molar-refractivity contribution in [2.45, 2.75) is 71.3 Å². The standard InChI is InChI=1S/C35H49N7O.2H2/c1-6-11-29-13-9-18-42(24-29)19-17-38-35(15-10-16-35)32-21-33(28(4)37-23-32)40-34(43)26(2)12-7-8-14-30(20-27(3)36)31-22-39-41(5)25-31;;/h7-8,12,14,20-23,25,29,36,38H,2,6,9-11,13,15-19,24H2,1,3-5H3,(H,40,43);2*1H/b12-7+,14-8-,30-20+,36-27?;;. The fourth-order valence-electron chi connectivity index (χ4n) is 6.11. The largest absolute Gasteiger partial charge is 0.320 e. The number of piperidine rings is 1. The SMILES string of the molecule is C=C(/C=C/C=C\C(=C/C(C)=N)c1cnn(C)c1)C(=O)Nc1cc(C2(NCCN3CCCC(CCC)C3)CCC2)cnc1C.[HH].[HH]. The summed E-state index contributed by atoms with van der Waals surface area (Å²) >= 11 is 0. The normalized spacial score (nSPS) is 19.1. The van der Waals surface area contributed by atoms with Crippen LogP contribution >= 0.6 is 0 Å². The first kappa shape index (κ1) is 32.3. The molecule has 1 atom stereocenters. The van der Waals surface area contributed by atoms with Crippen molar-refractivity contribution in [1.82, 2.24) is 25.0 Å². The Bertz CT molecular complexity index is 1390. The lowest BCUT2D eigenvalue weighted by molar-refractivity contribution is -0.112. The van der Waals surface area contributed by atoms with Gasteiger partial charge in [0.1, 0.15) is 0 Å². The van der Waals surface area contributed by atoms with Gasteiger partial charge in [0.15, 0.2) is 0 Å². The number of aromatic nitrogens is 3. The van der Waals surface area contributed by atoms with E-state index < -0.39 is 0 Å². The summed E-state index contributed by atoms with van der Waals surface area (Å²) in [6.45, 7) is 14.4. The lowest BCUT2D eigenvalue weighted by atomic mass is 9.72. The molecule has 2 fully saturated rings. The maximum absolute atomic E-state index is 13.0. The first-order valence-corrected chi connectivity index (χ1v) is 15.7. The first-order valence-electron chi connectivity index (χ1n) is 15.7. The highest BCUT2D eigenvalue weighted by Gasteiger charge is 2.39. The molecule has 0 radical (unpaired) electrons. The molecule has 8 heteroatoms. The number of allylic oxidation sites excluding steroid dienone is 5. The van der Waals surface area contributed by atoms with Gasteiger partial charge in [-0.25, -0.2) is 0 Å². The van der Waals surface area contributed by atoms with Crippen molar-refractivity contribution in [3.8, 4) is 0 Å². The summed E-state index contributed by atoms with van der Waals surface area (Å²) in [6, 6.07) is 2.09. The van der Waals surface area contributed by atoms with Crippen molar-refractivity contribution in [1.29, 1.82) is 5.41 Å². The maximum Gasteiger partial charge on any atom is 0.255 e. The number of pyridine rings is 1. The molecule has 1 saturated carbocycles. The molecule has 1 saturated heterocycles. The minimum absolute atomic E-state index is 0. The summed E-state index contributed by atoms with van der Waals surface area (Å²) in [7, 11) is 1.86. The number of hydrogen-bond acceptors (Lipinski definition) is 6. The van der Waals surface area contributed by atoms with Gasteiger partial charge in [-0.3, -0.25) is 14.5 Å². The second-order valence-corrected chi connectivity index (χ2v) is 12.2. The molecule has 0 aromatic carbocycles. The van der Waals surface area contributed by atoms with Gasteiger partial charge in [-0.05, 0) is 88.1 Å². The van der Waals surface area contributed by atoms with Gasteiger partial charge < -0.3 is 20.9 Å². The Morgan fingerprint density at radius 1 is 1.26 bits per heavy atom. The lowest BCUT2D eigenvalue weighted by Gasteiger charge is -2.44. The number of nitrogens with one attached hydrogen (secondary N) is 3. The molecule has 0 spiro atoms. The van der Waals surface area contributed by atoms with Gasteiger partial charge in [0.05, 0.1) is 17.6 Å². The molecule has 1 amide bonds. The van der Waals surface area contributed by atoms with E-state index in [0.717, 1.165) is 59.9 Å². The van der Waals surface area contributed by atoms with Crippen LogP contribution in [0.25, 0.3) is 5.57 Å². The van der Waals surface area contributed by atoms with Crippen LogP contribution in [0.1, 0.15) is 78.5 Å². The number of anilines is 1. The second-order valence-electron chi connectivity index (χ2n) is 12.2. The van der Waals surface area contributed by atoms with Crippen molar-refractivity contribution in [2.75, 3.05) is 31.5 Å². The van der Waals surface area contributed by atoms with Crippen LogP contribution in [0.2, 0.25) is 0 Å². The van der Waals surface area contributed by atoms with E-state index in [1.807, 2.05) is 38.5 Å². The van der Waals surface area contributed by atoms with Crippen LogP contribution in [0.4, 0.5) is 5.69 Å². The number of hydrogen-bond donors (Lipinski definition) is 3. The molecule has 2 aromatic heterocycles. The predicted molar refractivity (Wildman–Crippen MR) is 181 cm³/mol. The van der Waals surface area contributed by atoms with E-state index in [2.05, 4.69) is 45.2 Å². The highest BCUT2D eigenvalue weighted by Crippen LogP contribution is 2.42. The zero-order chi connectivity index (χ0) is 30.8. The van der Waals surface area contributed by atoms with Crippen molar-refractivity contribution in [3.63, 3.8) is 0 Å². The summed E-state index contributed by atoms with van der Waals surface area (Å²) in [5.41, 5.74) is 5.16. The number of carbonyl (C=O) groups is 1. The van der Waals surface area contributed by atoms with Crippen LogP contribution in [-0.2, 0) is 17.4 Å². The highest BCUT2D eigenvalue weighted by atomic mass is 16.1. The molecule has 3 N–H and O–H groups in total. The number of aryl methyl sites for hydroxylation is 2. The number of amides is 1. The molecule has 2 aliphatic rings. The fourth-order valence-corrected chi connectivity index (χ4v) is 6.11. The van der Waals surface area contributed by atoms with E-state index >= 15 is 0 Å². The van der Waals surface area contributed by atoms with Crippen LogP contribution in [0, 0.1) is 18.3 Å². The Kier molecular flexibility index (Phi) is 11.4. The van der Waals surface area contributed by atoms with Crippen LogP contribution < -0.4 is 10.6 Å². The minimum atomic E-state index is -0.257. The molecular formula is C35H53N7O. The number of likely N-dealkylation sites (tertiary alicyclic amines) is 1. The summed E-state index contributed by atoms with van der Waals surface area (Å²) in [5, 5.41) is 19.0. The molecule has 1 aliphatic heterocycles. The van der Waals surface area contributed by atoms with Crippen LogP contribution in [-0.4, -0.2) is 57.5 Å². The second kappa shape index (κ2) is 15.2. The van der Waals surface area contributed by atoms with E-state index in [0.29, 0.717) is 11.3 Å². The Morgan fingerprint density at radius 3 is 2.72 bits per heavy atom. The van der Waals surface area contributed by atoms with Gasteiger partial charge >= 0.3 is 0 Å². The minimum Gasteiger partial charge on any atom is -0.320 e. The fraction of sp³-hybridized carbons (Fsp3) is 0.486. The molecule has 0 bridgehead atoms. The summed E-state index contributed by atoms with van der Waals surface area (Å²) in [5.74, 6) is 0.592. The summed E-state index contributed by atoms with van der Waals surface area (Å²) < 4.78 is 1.73. The Balaban J connectivity index is 0.00000353. The number of nitrogens with zero attached hydrogens (tertiary/aromatic N) is 4. The zero-order valence-electron chi connectivity index (χ0n) is 26.5. The van der Waals surface area contributed by atoms with Gasteiger partial charge in [0, 0.05) is 64.3 Å². The van der Waals surface area contributed by atoms with Gasteiger partial charge in [0.2, 0.25) is 0 Å². The Hall–Kier alpha value is -3.62. The molecule has 4 rings (SSSR count). The monoisotopic (exact) mass is 587 g/mol. The van der Waals surface area contributed by atoms with Crippen LogP contribution in [0.5, 0.6) is 0 Å². The van der Waals surface area contributed by atoms with Crippen LogP contribution in [0.3, 0.4) is 0 Å². The van der Waals surface area contributed by atoms with E-state index in [-0.39, 0.29) is 14.3 Å². The molecule has 2 aromatic rings. The predicted octanol–water partition coefficient (Wildman–Crippen LogP) is 6.83. The maximum atomic E-state index is 13.0. The van der Waals surface area contributed by atoms with Gasteiger partial charge in [0.25, 0.3) is 5.91 Å². The van der Waals surface area contributed by atoms with Crippen molar-refractivity contribution in [2.24, 2.45) is 13.0 Å². The molecular weight excluding hydrogens is 534 g/mol. The average Bonchev–Trinajstić information content (AvgIpc) is 3.39. The quantitative estimate of drug-likeness (QED) is 0.128. The van der Waals surface area contributed by atoms with E-state index in [1.54, 1.807) is 36.0 Å². The smallest absolute Gasteiger partial charge is 0.255 e.